The first-order valence-corrected chi connectivity index (χ1v) is 8.02. The Balaban J connectivity index is 1.93. The molecule has 2 atom stereocenters. The van der Waals surface area contributed by atoms with E-state index < -0.39 is 12.0 Å². The van der Waals surface area contributed by atoms with Crippen molar-refractivity contribution in [3.63, 3.8) is 0 Å². The van der Waals surface area contributed by atoms with Gasteiger partial charge >= 0.3 is 12.0 Å². The van der Waals surface area contributed by atoms with E-state index in [1.54, 1.807) is 4.90 Å². The molecule has 1 saturated heterocycles. The molecule has 0 saturated carbocycles. The lowest BCUT2D eigenvalue weighted by atomic mass is 9.97. The minimum Gasteiger partial charge on any atom is -0.480 e. The van der Waals surface area contributed by atoms with Crippen LogP contribution in [0.25, 0.3) is 0 Å². The average molecular weight is 333 g/mol. The van der Waals surface area contributed by atoms with E-state index in [1.165, 1.54) is 6.92 Å². The van der Waals surface area contributed by atoms with Crippen molar-refractivity contribution in [3.05, 3.63) is 29.8 Å². The SMILES string of the molecule is Cc1cccc(NC(=O)N2CCCC(C(=O)NC(C)C(=O)O)C2)c1. The van der Waals surface area contributed by atoms with E-state index in [0.29, 0.717) is 25.1 Å². The van der Waals surface area contributed by atoms with Crippen molar-refractivity contribution in [2.24, 2.45) is 5.92 Å². The summed E-state index contributed by atoms with van der Waals surface area (Å²) in [5.74, 6) is -1.78. The van der Waals surface area contributed by atoms with E-state index in [1.807, 2.05) is 31.2 Å². The topological polar surface area (TPSA) is 98.7 Å². The van der Waals surface area contributed by atoms with Gasteiger partial charge in [0.1, 0.15) is 6.04 Å². The highest BCUT2D eigenvalue weighted by molar-refractivity contribution is 5.90. The van der Waals surface area contributed by atoms with Crippen LogP contribution in [0.1, 0.15) is 25.3 Å². The molecule has 0 aliphatic carbocycles. The Morgan fingerprint density at radius 2 is 2.08 bits per heavy atom. The standard InChI is InChI=1S/C17H23N3O4/c1-11-5-3-7-14(9-11)19-17(24)20-8-4-6-13(10-20)15(21)18-12(2)16(22)23/h3,5,7,9,12-13H,4,6,8,10H2,1-2H3,(H,18,21)(H,19,24)(H,22,23). The molecule has 130 valence electrons. The quantitative estimate of drug-likeness (QED) is 0.783. The molecule has 7 nitrogen and oxygen atoms in total. The van der Waals surface area contributed by atoms with Crippen molar-refractivity contribution in [1.29, 1.82) is 0 Å². The lowest BCUT2D eigenvalue weighted by molar-refractivity contribution is -0.142. The number of carboxylic acid groups (broad SMARTS) is 1. The van der Waals surface area contributed by atoms with Gasteiger partial charge in [-0.2, -0.15) is 0 Å². The molecule has 3 amide bonds. The van der Waals surface area contributed by atoms with Crippen LogP contribution >= 0.6 is 0 Å². The number of carbonyl (C=O) groups is 3. The van der Waals surface area contributed by atoms with Gasteiger partial charge in [0.2, 0.25) is 5.91 Å². The summed E-state index contributed by atoms with van der Waals surface area (Å²) >= 11 is 0. The third-order valence-electron chi connectivity index (χ3n) is 4.08. The summed E-state index contributed by atoms with van der Waals surface area (Å²) in [5.41, 5.74) is 1.76. The van der Waals surface area contributed by atoms with Gasteiger partial charge in [0.25, 0.3) is 0 Å². The van der Waals surface area contributed by atoms with E-state index in [0.717, 1.165) is 5.56 Å². The predicted molar refractivity (Wildman–Crippen MR) is 89.7 cm³/mol. The number of carbonyl (C=O) groups excluding carboxylic acids is 2. The Morgan fingerprint density at radius 1 is 1.33 bits per heavy atom. The fourth-order valence-corrected chi connectivity index (χ4v) is 2.69. The van der Waals surface area contributed by atoms with Crippen LogP contribution in [0.2, 0.25) is 0 Å². The first-order valence-electron chi connectivity index (χ1n) is 8.02. The molecule has 2 unspecified atom stereocenters. The molecule has 0 aromatic heterocycles. The van der Waals surface area contributed by atoms with Crippen LogP contribution in [0.3, 0.4) is 0 Å². The van der Waals surface area contributed by atoms with E-state index in [9.17, 15) is 14.4 Å². The third-order valence-corrected chi connectivity index (χ3v) is 4.08. The van der Waals surface area contributed by atoms with E-state index >= 15 is 0 Å². The largest absolute Gasteiger partial charge is 0.480 e. The molecule has 0 bridgehead atoms. The molecule has 0 radical (unpaired) electrons. The second-order valence-corrected chi connectivity index (χ2v) is 6.15. The lowest BCUT2D eigenvalue weighted by Crippen LogP contribution is -2.49. The number of aryl methyl sites for hydroxylation is 1. The van der Waals surface area contributed by atoms with Crippen molar-refractivity contribution < 1.29 is 19.5 Å². The first kappa shape index (κ1) is 17.8. The van der Waals surface area contributed by atoms with Gasteiger partial charge < -0.3 is 20.6 Å². The molecule has 1 heterocycles. The average Bonchev–Trinajstić information content (AvgIpc) is 2.54. The van der Waals surface area contributed by atoms with Crippen LogP contribution in [0, 0.1) is 12.8 Å². The maximum atomic E-state index is 12.4. The molecule has 1 aromatic rings. The van der Waals surface area contributed by atoms with E-state index in [-0.39, 0.29) is 24.4 Å². The number of aliphatic carboxylic acids is 1. The molecule has 1 aromatic carbocycles. The highest BCUT2D eigenvalue weighted by Crippen LogP contribution is 2.18. The maximum absolute atomic E-state index is 12.4. The summed E-state index contributed by atoms with van der Waals surface area (Å²) in [4.78, 5) is 36.9. The van der Waals surface area contributed by atoms with Crippen LogP contribution in [-0.4, -0.2) is 47.0 Å². The predicted octanol–water partition coefficient (Wildman–Crippen LogP) is 1.83. The Bertz CT molecular complexity index is 632. The second kappa shape index (κ2) is 7.81. The van der Waals surface area contributed by atoms with Gasteiger partial charge in [-0.1, -0.05) is 12.1 Å². The first-order chi connectivity index (χ1) is 11.4. The number of benzene rings is 1. The molecule has 2 rings (SSSR count). The zero-order valence-corrected chi connectivity index (χ0v) is 13.9. The zero-order chi connectivity index (χ0) is 17.7. The highest BCUT2D eigenvalue weighted by atomic mass is 16.4. The number of nitrogens with one attached hydrogen (secondary N) is 2. The van der Waals surface area contributed by atoms with Crippen LogP contribution in [0.15, 0.2) is 24.3 Å². The summed E-state index contributed by atoms with van der Waals surface area (Å²) in [5, 5.41) is 14.2. The summed E-state index contributed by atoms with van der Waals surface area (Å²) in [6.45, 7) is 4.23. The van der Waals surface area contributed by atoms with Crippen molar-refractivity contribution in [1.82, 2.24) is 10.2 Å². The van der Waals surface area contributed by atoms with Crippen molar-refractivity contribution in [3.8, 4) is 0 Å². The van der Waals surface area contributed by atoms with E-state index in [2.05, 4.69) is 10.6 Å². The number of hydrogen-bond acceptors (Lipinski definition) is 3. The van der Waals surface area contributed by atoms with E-state index in [4.69, 9.17) is 5.11 Å². The Labute approximate surface area is 141 Å². The molecule has 1 aliphatic rings. The zero-order valence-electron chi connectivity index (χ0n) is 13.9. The van der Waals surface area contributed by atoms with Crippen LogP contribution < -0.4 is 10.6 Å². The van der Waals surface area contributed by atoms with Crippen LogP contribution in [0.5, 0.6) is 0 Å². The van der Waals surface area contributed by atoms with Crippen molar-refractivity contribution >= 4 is 23.6 Å². The molecule has 0 spiro atoms. The van der Waals surface area contributed by atoms with Gasteiger partial charge in [0.05, 0.1) is 5.92 Å². The van der Waals surface area contributed by atoms with Gasteiger partial charge in [-0.05, 0) is 44.4 Å². The Kier molecular flexibility index (Phi) is 5.78. The second-order valence-electron chi connectivity index (χ2n) is 6.15. The number of anilines is 1. The number of urea groups is 1. The number of carboxylic acids is 1. The minimum absolute atomic E-state index is 0.246. The number of nitrogens with zero attached hydrogens (tertiary/aromatic N) is 1. The normalized spacial score (nSPS) is 18.6. The summed E-state index contributed by atoms with van der Waals surface area (Å²) in [6, 6.07) is 6.32. The molecule has 24 heavy (non-hydrogen) atoms. The molecule has 3 N–H and O–H groups in total. The maximum Gasteiger partial charge on any atom is 0.325 e. The number of hydrogen-bond donors (Lipinski definition) is 3. The highest BCUT2D eigenvalue weighted by Gasteiger charge is 2.29. The number of rotatable bonds is 4. The smallest absolute Gasteiger partial charge is 0.325 e. The molecular weight excluding hydrogens is 310 g/mol. The minimum atomic E-state index is -1.08. The monoisotopic (exact) mass is 333 g/mol. The van der Waals surface area contributed by atoms with Gasteiger partial charge in [-0.3, -0.25) is 9.59 Å². The van der Waals surface area contributed by atoms with Crippen molar-refractivity contribution in [2.45, 2.75) is 32.7 Å². The summed E-state index contributed by atoms with van der Waals surface area (Å²) in [6.07, 6.45) is 1.35. The molecule has 1 aliphatic heterocycles. The number of likely N-dealkylation sites (tertiary alicyclic amines) is 1. The molecule has 7 heteroatoms. The van der Waals surface area contributed by atoms with Crippen molar-refractivity contribution in [2.75, 3.05) is 18.4 Å². The van der Waals surface area contributed by atoms with Crippen LogP contribution in [0.4, 0.5) is 10.5 Å². The van der Waals surface area contributed by atoms with Gasteiger partial charge in [0, 0.05) is 18.8 Å². The van der Waals surface area contributed by atoms with Gasteiger partial charge in [0.15, 0.2) is 0 Å². The lowest BCUT2D eigenvalue weighted by Gasteiger charge is -2.32. The van der Waals surface area contributed by atoms with Gasteiger partial charge in [-0.25, -0.2) is 4.79 Å². The van der Waals surface area contributed by atoms with Crippen LogP contribution in [-0.2, 0) is 9.59 Å². The summed E-state index contributed by atoms with van der Waals surface area (Å²) in [7, 11) is 0. The third kappa shape index (κ3) is 4.71. The van der Waals surface area contributed by atoms with Gasteiger partial charge in [-0.15, -0.1) is 0 Å². The summed E-state index contributed by atoms with van der Waals surface area (Å²) < 4.78 is 0. The Morgan fingerprint density at radius 3 is 2.75 bits per heavy atom. The molecular formula is C17H23N3O4. The number of piperidine rings is 1. The fourth-order valence-electron chi connectivity index (χ4n) is 2.69. The molecule has 1 fully saturated rings. The Hall–Kier alpha value is -2.57. The fraction of sp³-hybridized carbons (Fsp3) is 0.471. The number of amides is 3.